The molecule has 0 aliphatic heterocycles. The first-order valence-electron chi connectivity index (χ1n) is 8.30. The second kappa shape index (κ2) is 5.57. The lowest BCUT2D eigenvalue weighted by Gasteiger charge is -2.32. The lowest BCUT2D eigenvalue weighted by molar-refractivity contribution is 0.0209. The molecule has 3 aliphatic carbocycles. The summed E-state index contributed by atoms with van der Waals surface area (Å²) in [6.07, 6.45) is 14.5. The quantitative estimate of drug-likeness (QED) is 0.603. The molecule has 3 aliphatic rings. The summed E-state index contributed by atoms with van der Waals surface area (Å²) in [4.78, 5) is 0. The van der Waals surface area contributed by atoms with Crippen LogP contribution in [0.25, 0.3) is 0 Å². The van der Waals surface area contributed by atoms with Crippen LogP contribution >= 0.6 is 0 Å². The highest BCUT2D eigenvalue weighted by atomic mass is 16.3. The van der Waals surface area contributed by atoms with Crippen LogP contribution in [-0.4, -0.2) is 23.3 Å². The second-order valence-corrected chi connectivity index (χ2v) is 7.25. The van der Waals surface area contributed by atoms with Gasteiger partial charge < -0.3 is 10.4 Å². The maximum absolute atomic E-state index is 10.7. The van der Waals surface area contributed by atoms with E-state index in [4.69, 9.17) is 0 Å². The minimum atomic E-state index is -0.432. The highest BCUT2D eigenvalue weighted by molar-refractivity contribution is 5.11. The van der Waals surface area contributed by atoms with Crippen molar-refractivity contribution in [3.8, 4) is 0 Å². The molecule has 2 heteroatoms. The van der Waals surface area contributed by atoms with Gasteiger partial charge in [-0.2, -0.15) is 0 Å². The molecule has 19 heavy (non-hydrogen) atoms. The van der Waals surface area contributed by atoms with Gasteiger partial charge in [0.15, 0.2) is 0 Å². The number of aliphatic hydroxyl groups is 1. The summed E-state index contributed by atoms with van der Waals surface area (Å²) < 4.78 is 0. The van der Waals surface area contributed by atoms with Crippen molar-refractivity contribution >= 4 is 0 Å². The summed E-state index contributed by atoms with van der Waals surface area (Å²) in [6.45, 7) is 3.12. The molecule has 0 aromatic heterocycles. The second-order valence-electron chi connectivity index (χ2n) is 7.25. The van der Waals surface area contributed by atoms with E-state index in [1.807, 2.05) is 0 Å². The molecule has 0 heterocycles. The molecule has 0 saturated heterocycles. The molecule has 0 radical (unpaired) electrons. The molecule has 0 aromatic carbocycles. The van der Waals surface area contributed by atoms with Crippen molar-refractivity contribution in [3.05, 3.63) is 12.2 Å². The van der Waals surface area contributed by atoms with Crippen molar-refractivity contribution in [2.24, 2.45) is 17.8 Å². The fraction of sp³-hybridized carbons (Fsp3) is 0.882. The molecule has 0 amide bonds. The van der Waals surface area contributed by atoms with Crippen LogP contribution in [-0.2, 0) is 0 Å². The molecule has 2 bridgehead atoms. The van der Waals surface area contributed by atoms with Gasteiger partial charge >= 0.3 is 0 Å². The molecule has 0 spiro atoms. The summed E-state index contributed by atoms with van der Waals surface area (Å²) >= 11 is 0. The fourth-order valence-corrected chi connectivity index (χ4v) is 4.46. The molecule has 2 fully saturated rings. The van der Waals surface area contributed by atoms with Crippen molar-refractivity contribution in [1.29, 1.82) is 0 Å². The minimum absolute atomic E-state index is 0.432. The van der Waals surface area contributed by atoms with Crippen LogP contribution in [0.15, 0.2) is 12.2 Å². The molecular formula is C17H29NO. The van der Waals surface area contributed by atoms with Crippen LogP contribution in [0.4, 0.5) is 0 Å². The zero-order valence-electron chi connectivity index (χ0n) is 12.3. The third-order valence-electron chi connectivity index (χ3n) is 5.76. The van der Waals surface area contributed by atoms with E-state index in [1.54, 1.807) is 0 Å². The SMILES string of the molecule is CC(NCC1(O)CCCCCC1)C1CC2C=CC1C2. The van der Waals surface area contributed by atoms with Gasteiger partial charge in [-0.1, -0.05) is 37.8 Å². The number of rotatable bonds is 4. The van der Waals surface area contributed by atoms with Crippen LogP contribution in [0.2, 0.25) is 0 Å². The number of allylic oxidation sites excluding steroid dienone is 2. The van der Waals surface area contributed by atoms with Crippen LogP contribution in [0.1, 0.15) is 58.3 Å². The molecule has 0 aromatic rings. The van der Waals surface area contributed by atoms with E-state index in [0.717, 1.165) is 37.1 Å². The van der Waals surface area contributed by atoms with Gasteiger partial charge in [-0.05, 0) is 50.4 Å². The van der Waals surface area contributed by atoms with Crippen molar-refractivity contribution < 1.29 is 5.11 Å². The standard InChI is InChI=1S/C17H29NO/c1-13(16-11-14-6-7-15(16)10-14)18-12-17(19)8-4-2-3-5-9-17/h6-7,13-16,18-19H,2-5,8-12H2,1H3. The average molecular weight is 263 g/mol. The van der Waals surface area contributed by atoms with E-state index in [-0.39, 0.29) is 0 Å². The van der Waals surface area contributed by atoms with Gasteiger partial charge in [0.2, 0.25) is 0 Å². The van der Waals surface area contributed by atoms with Gasteiger partial charge in [-0.15, -0.1) is 0 Å². The third-order valence-corrected chi connectivity index (χ3v) is 5.76. The first-order valence-corrected chi connectivity index (χ1v) is 8.30. The number of nitrogens with one attached hydrogen (secondary N) is 1. The number of fused-ring (bicyclic) bond motifs is 2. The Kier molecular flexibility index (Phi) is 4.00. The third kappa shape index (κ3) is 3.05. The molecule has 2 N–H and O–H groups in total. The Morgan fingerprint density at radius 2 is 1.89 bits per heavy atom. The molecule has 3 rings (SSSR count). The van der Waals surface area contributed by atoms with Crippen molar-refractivity contribution in [3.63, 3.8) is 0 Å². The van der Waals surface area contributed by atoms with Crippen LogP contribution in [0, 0.1) is 17.8 Å². The normalized spacial score (nSPS) is 38.3. The Morgan fingerprint density at radius 3 is 2.47 bits per heavy atom. The Hall–Kier alpha value is -0.340. The van der Waals surface area contributed by atoms with Crippen LogP contribution in [0.5, 0.6) is 0 Å². The molecule has 2 saturated carbocycles. The largest absolute Gasteiger partial charge is 0.389 e. The Balaban J connectivity index is 1.49. The molecular weight excluding hydrogens is 234 g/mol. The van der Waals surface area contributed by atoms with E-state index < -0.39 is 5.60 Å². The molecule has 4 atom stereocenters. The Bertz CT molecular complexity index is 330. The van der Waals surface area contributed by atoms with Gasteiger partial charge in [0.1, 0.15) is 0 Å². The predicted octanol–water partition coefficient (Wildman–Crippen LogP) is 3.26. The Morgan fingerprint density at radius 1 is 1.16 bits per heavy atom. The monoisotopic (exact) mass is 263 g/mol. The van der Waals surface area contributed by atoms with Crippen LogP contribution < -0.4 is 5.32 Å². The minimum Gasteiger partial charge on any atom is -0.389 e. The van der Waals surface area contributed by atoms with E-state index in [0.29, 0.717) is 6.04 Å². The number of hydrogen-bond donors (Lipinski definition) is 2. The summed E-state index contributed by atoms with van der Waals surface area (Å²) in [5.74, 6) is 2.45. The molecule has 4 unspecified atom stereocenters. The zero-order valence-corrected chi connectivity index (χ0v) is 12.3. The average Bonchev–Trinajstić information content (AvgIpc) is 2.97. The van der Waals surface area contributed by atoms with Gasteiger partial charge in [-0.3, -0.25) is 0 Å². The maximum atomic E-state index is 10.7. The lowest BCUT2D eigenvalue weighted by Crippen LogP contribution is -2.46. The van der Waals surface area contributed by atoms with Gasteiger partial charge in [0.25, 0.3) is 0 Å². The summed E-state index contributed by atoms with van der Waals surface area (Å²) in [7, 11) is 0. The van der Waals surface area contributed by atoms with E-state index in [2.05, 4.69) is 24.4 Å². The van der Waals surface area contributed by atoms with E-state index in [9.17, 15) is 5.11 Å². The molecule has 2 nitrogen and oxygen atoms in total. The first-order chi connectivity index (χ1) is 9.16. The Labute approximate surface area is 117 Å². The smallest absolute Gasteiger partial charge is 0.0771 e. The highest BCUT2D eigenvalue weighted by Gasteiger charge is 2.39. The highest BCUT2D eigenvalue weighted by Crippen LogP contribution is 2.44. The van der Waals surface area contributed by atoms with E-state index >= 15 is 0 Å². The maximum Gasteiger partial charge on any atom is 0.0771 e. The van der Waals surface area contributed by atoms with Crippen molar-refractivity contribution in [1.82, 2.24) is 5.32 Å². The lowest BCUT2D eigenvalue weighted by atomic mass is 9.86. The van der Waals surface area contributed by atoms with Gasteiger partial charge in [0, 0.05) is 12.6 Å². The molecule has 108 valence electrons. The van der Waals surface area contributed by atoms with E-state index in [1.165, 1.54) is 38.5 Å². The van der Waals surface area contributed by atoms with Crippen molar-refractivity contribution in [2.45, 2.75) is 69.9 Å². The summed E-state index contributed by atoms with van der Waals surface area (Å²) in [5.41, 5.74) is -0.432. The van der Waals surface area contributed by atoms with Crippen LogP contribution in [0.3, 0.4) is 0 Å². The zero-order chi connectivity index (χ0) is 13.3. The van der Waals surface area contributed by atoms with Gasteiger partial charge in [-0.25, -0.2) is 0 Å². The summed E-state index contributed by atoms with van der Waals surface area (Å²) in [5, 5.41) is 14.4. The number of hydrogen-bond acceptors (Lipinski definition) is 2. The summed E-state index contributed by atoms with van der Waals surface area (Å²) in [6, 6.07) is 0.548. The topological polar surface area (TPSA) is 32.3 Å². The van der Waals surface area contributed by atoms with Gasteiger partial charge in [0.05, 0.1) is 5.60 Å². The predicted molar refractivity (Wildman–Crippen MR) is 79.0 cm³/mol. The first kappa shape index (κ1) is 13.6. The van der Waals surface area contributed by atoms with Crippen molar-refractivity contribution in [2.75, 3.05) is 6.54 Å². The fourth-order valence-electron chi connectivity index (χ4n) is 4.46.